The average Bonchev–Trinajstić information content (AvgIpc) is 3.43. The zero-order valence-electron chi connectivity index (χ0n) is 17.4. The van der Waals surface area contributed by atoms with Crippen LogP contribution in [0.1, 0.15) is 48.2 Å². The van der Waals surface area contributed by atoms with Crippen LogP contribution in [-0.2, 0) is 6.18 Å². The van der Waals surface area contributed by atoms with Crippen molar-refractivity contribution in [2.75, 3.05) is 13.8 Å². The van der Waals surface area contributed by atoms with E-state index in [0.717, 1.165) is 38.2 Å². The summed E-state index contributed by atoms with van der Waals surface area (Å²) in [6.07, 6.45) is 1.43. The minimum Gasteiger partial charge on any atom is -0.454 e. The molecule has 2 aliphatic rings. The lowest BCUT2D eigenvalue weighted by molar-refractivity contribution is -0.142. The summed E-state index contributed by atoms with van der Waals surface area (Å²) in [6, 6.07) is 5.80. The molecule has 0 bridgehead atoms. The van der Waals surface area contributed by atoms with Crippen LogP contribution in [0.3, 0.4) is 0 Å². The van der Waals surface area contributed by atoms with Gasteiger partial charge in [0.05, 0.1) is 11.9 Å². The molecule has 3 heterocycles. The fourth-order valence-corrected chi connectivity index (χ4v) is 4.34. The minimum atomic E-state index is -4.69. The number of aromatic nitrogens is 3. The van der Waals surface area contributed by atoms with Crippen LogP contribution in [0.15, 0.2) is 30.5 Å². The van der Waals surface area contributed by atoms with Gasteiger partial charge >= 0.3 is 6.18 Å². The third-order valence-electron chi connectivity index (χ3n) is 6.10. The molecule has 5 rings (SSSR count). The van der Waals surface area contributed by atoms with Crippen LogP contribution in [0, 0.1) is 0 Å². The van der Waals surface area contributed by atoms with E-state index in [1.54, 1.807) is 30.1 Å². The van der Waals surface area contributed by atoms with E-state index in [1.165, 1.54) is 6.20 Å². The Balaban J connectivity index is 1.61. The zero-order chi connectivity index (χ0) is 22.5. The Kier molecular flexibility index (Phi) is 4.94. The van der Waals surface area contributed by atoms with E-state index < -0.39 is 11.9 Å². The molecular formula is C22H21F3N4O3. The Labute approximate surface area is 181 Å². The fraction of sp³-hybridized carbons (Fsp3) is 0.409. The highest BCUT2D eigenvalue weighted by Crippen LogP contribution is 2.38. The Morgan fingerprint density at radius 3 is 2.62 bits per heavy atom. The van der Waals surface area contributed by atoms with Crippen molar-refractivity contribution in [3.05, 3.63) is 41.7 Å². The van der Waals surface area contributed by atoms with Gasteiger partial charge in [0.2, 0.25) is 6.79 Å². The van der Waals surface area contributed by atoms with Crippen molar-refractivity contribution in [2.24, 2.45) is 0 Å². The Hall–Kier alpha value is -3.30. The monoisotopic (exact) mass is 446 g/mol. The van der Waals surface area contributed by atoms with Crippen LogP contribution < -0.4 is 9.47 Å². The number of carbonyl (C=O) groups excluding carboxylic acids is 1. The van der Waals surface area contributed by atoms with Crippen molar-refractivity contribution in [1.82, 2.24) is 19.5 Å². The first kappa shape index (κ1) is 20.6. The number of amides is 1. The maximum Gasteiger partial charge on any atom is 0.433 e. The molecular weight excluding hydrogens is 425 g/mol. The van der Waals surface area contributed by atoms with Gasteiger partial charge in [-0.05, 0) is 37.1 Å². The van der Waals surface area contributed by atoms with Crippen LogP contribution in [0.4, 0.5) is 13.2 Å². The van der Waals surface area contributed by atoms with Crippen LogP contribution in [-0.4, -0.2) is 45.3 Å². The predicted octanol–water partition coefficient (Wildman–Crippen LogP) is 4.55. The molecule has 1 saturated carbocycles. The van der Waals surface area contributed by atoms with E-state index in [9.17, 15) is 18.0 Å². The van der Waals surface area contributed by atoms with Crippen LogP contribution in [0.25, 0.3) is 16.9 Å². The van der Waals surface area contributed by atoms with Crippen LogP contribution in [0.2, 0.25) is 0 Å². The van der Waals surface area contributed by atoms with Crippen LogP contribution in [0.5, 0.6) is 11.5 Å². The van der Waals surface area contributed by atoms with Crippen molar-refractivity contribution in [3.63, 3.8) is 0 Å². The molecule has 0 saturated heterocycles. The molecule has 2 aromatic heterocycles. The standard InChI is InChI=1S/C22H21F3N4O3/c1-28(14-5-3-2-4-6-14)21(30)15-11-26-29-19(22(23,24)25)10-16(27-20(15)29)13-7-8-17-18(9-13)32-12-31-17/h7-11,14H,2-6,12H2,1H3. The highest BCUT2D eigenvalue weighted by Gasteiger charge is 2.36. The highest BCUT2D eigenvalue weighted by atomic mass is 19.4. The summed E-state index contributed by atoms with van der Waals surface area (Å²) in [5.74, 6) is 0.565. The number of alkyl halides is 3. The van der Waals surface area contributed by atoms with Crippen molar-refractivity contribution < 1.29 is 27.4 Å². The number of hydrogen-bond donors (Lipinski definition) is 0. The zero-order valence-corrected chi connectivity index (χ0v) is 17.4. The van der Waals surface area contributed by atoms with Gasteiger partial charge < -0.3 is 14.4 Å². The van der Waals surface area contributed by atoms with E-state index in [4.69, 9.17) is 9.47 Å². The van der Waals surface area contributed by atoms with Crippen molar-refractivity contribution in [2.45, 2.75) is 44.3 Å². The Morgan fingerprint density at radius 2 is 1.88 bits per heavy atom. The topological polar surface area (TPSA) is 69.0 Å². The summed E-state index contributed by atoms with van der Waals surface area (Å²) in [4.78, 5) is 19.2. The molecule has 32 heavy (non-hydrogen) atoms. The van der Waals surface area contributed by atoms with Gasteiger partial charge in [-0.15, -0.1) is 0 Å². The van der Waals surface area contributed by atoms with Gasteiger partial charge in [-0.2, -0.15) is 18.3 Å². The number of rotatable bonds is 3. The summed E-state index contributed by atoms with van der Waals surface area (Å²) in [5, 5.41) is 3.87. The Morgan fingerprint density at radius 1 is 1.12 bits per heavy atom. The molecule has 168 valence electrons. The first-order valence-electron chi connectivity index (χ1n) is 10.5. The minimum absolute atomic E-state index is 0.0474. The van der Waals surface area contributed by atoms with Gasteiger partial charge in [0.15, 0.2) is 22.8 Å². The maximum absolute atomic E-state index is 13.9. The summed E-state index contributed by atoms with van der Waals surface area (Å²) in [5.41, 5.74) is -0.596. The lowest BCUT2D eigenvalue weighted by atomic mass is 9.94. The van der Waals surface area contributed by atoms with Gasteiger partial charge in [-0.25, -0.2) is 9.50 Å². The van der Waals surface area contributed by atoms with Gasteiger partial charge in [0.25, 0.3) is 5.91 Å². The number of carbonyl (C=O) groups is 1. The first-order valence-corrected chi connectivity index (χ1v) is 10.5. The SMILES string of the molecule is CN(C(=O)c1cnn2c(C(F)(F)F)cc(-c3ccc4c(c3)OCO4)nc12)C1CCCCC1. The second-order valence-electron chi connectivity index (χ2n) is 8.09. The lowest BCUT2D eigenvalue weighted by Gasteiger charge is -2.31. The van der Waals surface area contributed by atoms with E-state index in [-0.39, 0.29) is 35.6 Å². The largest absolute Gasteiger partial charge is 0.454 e. The lowest BCUT2D eigenvalue weighted by Crippen LogP contribution is -2.38. The second-order valence-corrected chi connectivity index (χ2v) is 8.09. The molecule has 0 N–H and O–H groups in total. The van der Waals surface area contributed by atoms with E-state index in [2.05, 4.69) is 10.1 Å². The molecule has 1 fully saturated rings. The number of benzene rings is 1. The molecule has 1 aliphatic carbocycles. The number of ether oxygens (including phenoxy) is 2. The molecule has 1 aromatic carbocycles. The number of hydrogen-bond acceptors (Lipinski definition) is 5. The van der Waals surface area contributed by atoms with Crippen molar-refractivity contribution >= 4 is 11.6 Å². The number of halogens is 3. The van der Waals surface area contributed by atoms with Gasteiger partial charge in [-0.3, -0.25) is 4.79 Å². The molecule has 0 spiro atoms. The maximum atomic E-state index is 13.9. The van der Waals surface area contributed by atoms with Crippen LogP contribution >= 0.6 is 0 Å². The number of nitrogens with zero attached hydrogens (tertiary/aromatic N) is 4. The second kappa shape index (κ2) is 7.68. The van der Waals surface area contributed by atoms with E-state index in [1.807, 2.05) is 0 Å². The molecule has 7 nitrogen and oxygen atoms in total. The molecule has 1 amide bonds. The van der Waals surface area contributed by atoms with Crippen molar-refractivity contribution in [1.29, 1.82) is 0 Å². The summed E-state index contributed by atoms with van der Waals surface area (Å²) in [7, 11) is 1.69. The van der Waals surface area contributed by atoms with Gasteiger partial charge in [0, 0.05) is 18.7 Å². The summed E-state index contributed by atoms with van der Waals surface area (Å²) in [6.45, 7) is 0.0494. The summed E-state index contributed by atoms with van der Waals surface area (Å²) < 4.78 is 52.9. The fourth-order valence-electron chi connectivity index (χ4n) is 4.34. The van der Waals surface area contributed by atoms with Gasteiger partial charge in [0.1, 0.15) is 5.56 Å². The molecule has 0 atom stereocenters. The molecule has 0 radical (unpaired) electrons. The average molecular weight is 446 g/mol. The highest BCUT2D eigenvalue weighted by molar-refractivity contribution is 6.00. The third kappa shape index (κ3) is 3.53. The quantitative estimate of drug-likeness (QED) is 0.591. The normalized spacial score (nSPS) is 16.5. The summed E-state index contributed by atoms with van der Waals surface area (Å²) >= 11 is 0. The number of fused-ring (bicyclic) bond motifs is 2. The molecule has 0 unspecified atom stereocenters. The Bertz CT molecular complexity index is 1190. The molecule has 3 aromatic rings. The van der Waals surface area contributed by atoms with E-state index in [0.29, 0.717) is 21.6 Å². The van der Waals surface area contributed by atoms with E-state index >= 15 is 0 Å². The predicted molar refractivity (Wildman–Crippen MR) is 109 cm³/mol. The smallest absolute Gasteiger partial charge is 0.433 e. The molecule has 10 heteroatoms. The first-order chi connectivity index (χ1) is 15.3. The molecule has 1 aliphatic heterocycles. The van der Waals surface area contributed by atoms with Crippen molar-refractivity contribution in [3.8, 4) is 22.8 Å². The third-order valence-corrected chi connectivity index (χ3v) is 6.10. The van der Waals surface area contributed by atoms with Gasteiger partial charge in [-0.1, -0.05) is 19.3 Å².